The maximum absolute atomic E-state index is 13.2. The van der Waals surface area contributed by atoms with Gasteiger partial charge in [0.1, 0.15) is 23.1 Å². The number of rotatable bonds is 3. The molecule has 1 aliphatic heterocycles. The molecule has 1 unspecified atom stereocenters. The number of nitrogens with zero attached hydrogens (tertiary/aromatic N) is 1. The fourth-order valence-electron chi connectivity index (χ4n) is 4.23. The molecule has 152 valence electrons. The van der Waals surface area contributed by atoms with Crippen LogP contribution in [0.5, 0.6) is 11.5 Å². The highest BCUT2D eigenvalue weighted by atomic mass is 16.5. The van der Waals surface area contributed by atoms with Crippen molar-refractivity contribution in [2.24, 2.45) is 5.73 Å². The Morgan fingerprint density at radius 3 is 2.77 bits per heavy atom. The second-order valence-corrected chi connectivity index (χ2v) is 7.36. The summed E-state index contributed by atoms with van der Waals surface area (Å²) in [5.74, 6) is 0.616. The molecule has 0 bridgehead atoms. The first-order valence-corrected chi connectivity index (χ1v) is 9.99. The molecule has 4 aromatic rings. The van der Waals surface area contributed by atoms with E-state index in [1.807, 2.05) is 67.6 Å². The number of hydrogen-bond acceptors (Lipinski definition) is 5. The maximum atomic E-state index is 13.2. The normalized spacial score (nSPS) is 15.4. The van der Waals surface area contributed by atoms with Crippen LogP contribution in [-0.4, -0.2) is 11.6 Å². The summed E-state index contributed by atoms with van der Waals surface area (Å²) in [7, 11) is 0. The van der Waals surface area contributed by atoms with Crippen molar-refractivity contribution in [3.63, 3.8) is 0 Å². The zero-order valence-electron chi connectivity index (χ0n) is 16.8. The summed E-state index contributed by atoms with van der Waals surface area (Å²) in [5, 5.41) is 12.6. The first-order valence-electron chi connectivity index (χ1n) is 9.99. The Balaban J connectivity index is 1.82. The first-order chi connectivity index (χ1) is 15.1. The quantitative estimate of drug-likeness (QED) is 0.525. The molecule has 1 atom stereocenters. The molecule has 2 heterocycles. The summed E-state index contributed by atoms with van der Waals surface area (Å²) in [6, 6.07) is 21.1. The number of allylic oxidation sites excluding steroid dienone is 1. The van der Waals surface area contributed by atoms with Gasteiger partial charge in [0.05, 0.1) is 12.5 Å². The molecule has 6 heteroatoms. The third-order valence-corrected chi connectivity index (χ3v) is 5.58. The van der Waals surface area contributed by atoms with Gasteiger partial charge in [-0.3, -0.25) is 4.79 Å². The lowest BCUT2D eigenvalue weighted by molar-refractivity contribution is 0.340. The van der Waals surface area contributed by atoms with Crippen molar-refractivity contribution in [3.05, 3.63) is 93.6 Å². The maximum Gasteiger partial charge on any atom is 0.252 e. The molecule has 3 aromatic carbocycles. The molecule has 1 aromatic heterocycles. The van der Waals surface area contributed by atoms with Gasteiger partial charge in [-0.05, 0) is 48.0 Å². The van der Waals surface area contributed by atoms with Crippen molar-refractivity contribution in [2.45, 2.75) is 12.8 Å². The van der Waals surface area contributed by atoms with Gasteiger partial charge in [0.2, 0.25) is 5.88 Å². The number of aromatic nitrogens is 1. The summed E-state index contributed by atoms with van der Waals surface area (Å²) >= 11 is 0. The second-order valence-electron chi connectivity index (χ2n) is 7.36. The van der Waals surface area contributed by atoms with Crippen molar-refractivity contribution in [3.8, 4) is 17.6 Å². The highest BCUT2D eigenvalue weighted by molar-refractivity contribution is 5.90. The first kappa shape index (κ1) is 18.8. The zero-order chi connectivity index (χ0) is 21.5. The number of ether oxygens (including phenoxy) is 2. The second kappa shape index (κ2) is 7.22. The van der Waals surface area contributed by atoms with Crippen LogP contribution < -0.4 is 20.8 Å². The number of fused-ring (bicyclic) bond motifs is 4. The molecule has 31 heavy (non-hydrogen) atoms. The molecule has 5 rings (SSSR count). The topological polar surface area (TPSA) is 101 Å². The monoisotopic (exact) mass is 409 g/mol. The van der Waals surface area contributed by atoms with Gasteiger partial charge in [-0.25, -0.2) is 0 Å². The summed E-state index contributed by atoms with van der Waals surface area (Å²) in [6.07, 6.45) is 0. The lowest BCUT2D eigenvalue weighted by Crippen LogP contribution is -2.25. The van der Waals surface area contributed by atoms with Gasteiger partial charge in [-0.2, -0.15) is 5.26 Å². The Kier molecular flexibility index (Phi) is 4.37. The molecule has 0 amide bonds. The minimum absolute atomic E-state index is 0.0119. The number of nitrogens with one attached hydrogen (secondary N) is 1. The third-order valence-electron chi connectivity index (χ3n) is 5.58. The van der Waals surface area contributed by atoms with Crippen molar-refractivity contribution < 1.29 is 9.47 Å². The Labute approximate surface area is 178 Å². The molecule has 0 saturated heterocycles. The number of nitriles is 1. The molecule has 0 aliphatic carbocycles. The number of H-pyrrole nitrogens is 1. The van der Waals surface area contributed by atoms with Crippen molar-refractivity contribution >= 4 is 21.7 Å². The summed E-state index contributed by atoms with van der Waals surface area (Å²) in [6.45, 7) is 2.46. The van der Waals surface area contributed by atoms with E-state index in [0.717, 1.165) is 21.7 Å². The Hall–Kier alpha value is -4.24. The lowest BCUT2D eigenvalue weighted by Gasteiger charge is -2.27. The number of pyridine rings is 1. The van der Waals surface area contributed by atoms with Gasteiger partial charge in [0, 0.05) is 22.0 Å². The van der Waals surface area contributed by atoms with Crippen LogP contribution in [0.3, 0.4) is 0 Å². The van der Waals surface area contributed by atoms with Gasteiger partial charge in [0.25, 0.3) is 5.56 Å². The van der Waals surface area contributed by atoms with Crippen LogP contribution in [0.2, 0.25) is 0 Å². The SMILES string of the molecule is CCOc1ccc2[nH]c(=O)c(C3C(C#N)=C(N)Oc4ccc5ccccc5c43)cc2c1. The van der Waals surface area contributed by atoms with Crippen molar-refractivity contribution in [2.75, 3.05) is 6.61 Å². The molecule has 0 radical (unpaired) electrons. The van der Waals surface area contributed by atoms with E-state index in [1.54, 1.807) is 0 Å². The fraction of sp³-hybridized carbons (Fsp3) is 0.120. The van der Waals surface area contributed by atoms with E-state index in [1.165, 1.54) is 0 Å². The molecular formula is C25H19N3O3. The fourth-order valence-corrected chi connectivity index (χ4v) is 4.23. The average Bonchev–Trinajstić information content (AvgIpc) is 2.78. The molecule has 0 saturated carbocycles. The van der Waals surface area contributed by atoms with Gasteiger partial charge < -0.3 is 20.2 Å². The zero-order valence-corrected chi connectivity index (χ0v) is 16.8. The van der Waals surface area contributed by atoms with E-state index in [-0.39, 0.29) is 17.0 Å². The minimum atomic E-state index is -0.649. The number of aromatic amines is 1. The van der Waals surface area contributed by atoms with E-state index < -0.39 is 5.92 Å². The molecule has 6 nitrogen and oxygen atoms in total. The highest BCUT2D eigenvalue weighted by Crippen LogP contribution is 2.45. The molecule has 0 fully saturated rings. The highest BCUT2D eigenvalue weighted by Gasteiger charge is 2.34. The largest absolute Gasteiger partial charge is 0.494 e. The predicted octanol–water partition coefficient (Wildman–Crippen LogP) is 4.30. The van der Waals surface area contributed by atoms with Crippen LogP contribution in [0.1, 0.15) is 24.0 Å². The number of hydrogen-bond donors (Lipinski definition) is 2. The van der Waals surface area contributed by atoms with Crippen LogP contribution in [-0.2, 0) is 0 Å². The van der Waals surface area contributed by atoms with Crippen LogP contribution in [0, 0.1) is 11.3 Å². The van der Waals surface area contributed by atoms with Gasteiger partial charge in [-0.15, -0.1) is 0 Å². The standard InChI is InChI=1S/C25H19N3O3/c1-2-30-16-8-9-20-15(11-16)12-18(25(29)28-20)22-19(13-26)24(27)31-21-10-7-14-5-3-4-6-17(14)23(21)22/h3-12,22H,2,27H2,1H3,(H,28,29). The third kappa shape index (κ3) is 2.99. The van der Waals surface area contributed by atoms with E-state index >= 15 is 0 Å². The van der Waals surface area contributed by atoms with E-state index in [0.29, 0.717) is 29.2 Å². The molecular weight excluding hydrogens is 390 g/mol. The lowest BCUT2D eigenvalue weighted by atomic mass is 9.81. The summed E-state index contributed by atoms with van der Waals surface area (Å²) in [5.41, 5.74) is 7.93. The van der Waals surface area contributed by atoms with Crippen LogP contribution in [0.25, 0.3) is 21.7 Å². The molecule has 1 aliphatic rings. The van der Waals surface area contributed by atoms with Crippen LogP contribution in [0.4, 0.5) is 0 Å². The smallest absolute Gasteiger partial charge is 0.252 e. The van der Waals surface area contributed by atoms with Gasteiger partial charge in [-0.1, -0.05) is 30.3 Å². The van der Waals surface area contributed by atoms with E-state index in [9.17, 15) is 10.1 Å². The van der Waals surface area contributed by atoms with E-state index in [4.69, 9.17) is 15.2 Å². The van der Waals surface area contributed by atoms with Gasteiger partial charge >= 0.3 is 0 Å². The number of nitrogens with two attached hydrogens (primary N) is 1. The van der Waals surface area contributed by atoms with Crippen molar-refractivity contribution in [1.29, 1.82) is 5.26 Å². The minimum Gasteiger partial charge on any atom is -0.494 e. The Morgan fingerprint density at radius 2 is 1.97 bits per heavy atom. The van der Waals surface area contributed by atoms with Crippen molar-refractivity contribution in [1.82, 2.24) is 4.98 Å². The van der Waals surface area contributed by atoms with Crippen LogP contribution in [0.15, 0.2) is 76.9 Å². The summed E-state index contributed by atoms with van der Waals surface area (Å²) in [4.78, 5) is 16.1. The number of benzene rings is 3. The summed E-state index contributed by atoms with van der Waals surface area (Å²) < 4.78 is 11.4. The van der Waals surface area contributed by atoms with Crippen LogP contribution >= 0.6 is 0 Å². The molecule has 0 spiro atoms. The van der Waals surface area contributed by atoms with Gasteiger partial charge in [0.15, 0.2) is 0 Å². The van der Waals surface area contributed by atoms with E-state index in [2.05, 4.69) is 11.1 Å². The predicted molar refractivity (Wildman–Crippen MR) is 119 cm³/mol. The Morgan fingerprint density at radius 1 is 1.13 bits per heavy atom. The molecule has 3 N–H and O–H groups in total. The Bertz CT molecular complexity index is 1480. The average molecular weight is 409 g/mol.